The van der Waals surface area contributed by atoms with Crippen LogP contribution in [0.25, 0.3) is 0 Å². The summed E-state index contributed by atoms with van der Waals surface area (Å²) in [5, 5.41) is 44.4. The summed E-state index contributed by atoms with van der Waals surface area (Å²) in [6, 6.07) is 0. The molecule has 1 aliphatic rings. The molecule has 0 aromatic carbocycles. The number of carboxylic acid groups (broad SMARTS) is 1. The van der Waals surface area contributed by atoms with Gasteiger partial charge < -0.3 is 35.0 Å². The summed E-state index contributed by atoms with van der Waals surface area (Å²) in [7, 11) is 0. The van der Waals surface area contributed by atoms with Crippen LogP contribution in [0, 0.1) is 0 Å². The third-order valence-corrected chi connectivity index (χ3v) is 2.53. The van der Waals surface area contributed by atoms with Gasteiger partial charge in [0, 0.05) is 13.2 Å². The van der Waals surface area contributed by atoms with Gasteiger partial charge in [-0.1, -0.05) is 13.8 Å². The highest BCUT2D eigenvalue weighted by Gasteiger charge is 2.46. The first-order valence-electron chi connectivity index (χ1n) is 6.55. The van der Waals surface area contributed by atoms with Crippen molar-refractivity contribution in [3.63, 3.8) is 0 Å². The van der Waals surface area contributed by atoms with Gasteiger partial charge in [-0.15, -0.1) is 0 Å². The van der Waals surface area contributed by atoms with Crippen LogP contribution < -0.4 is 0 Å². The van der Waals surface area contributed by atoms with Gasteiger partial charge in [0.25, 0.3) is 0 Å². The highest BCUT2D eigenvalue weighted by atomic mass is 16.6. The van der Waals surface area contributed by atoms with E-state index in [2.05, 4.69) is 18.6 Å². The van der Waals surface area contributed by atoms with Crippen molar-refractivity contribution < 1.29 is 39.8 Å². The summed E-state index contributed by atoms with van der Waals surface area (Å²) in [6.45, 7) is 6.09. The molecule has 1 fully saturated rings. The minimum Gasteiger partial charge on any atom is -0.479 e. The number of carbonyl (C=O) groups is 1. The maximum Gasteiger partial charge on any atom is 0.335 e. The van der Waals surface area contributed by atoms with Crippen LogP contribution in [0.2, 0.25) is 0 Å². The fourth-order valence-corrected chi connectivity index (χ4v) is 1.46. The molecule has 8 nitrogen and oxygen atoms in total. The second-order valence-electron chi connectivity index (χ2n) is 4.37. The minimum atomic E-state index is -1.81. The number of hydrogen-bond acceptors (Lipinski definition) is 7. The average Bonchev–Trinajstić information content (AvgIpc) is 2.41. The first-order chi connectivity index (χ1) is 9.36. The number of rotatable bonds is 5. The topological polar surface area (TPSA) is 137 Å². The fourth-order valence-electron chi connectivity index (χ4n) is 1.46. The molecule has 0 aliphatic carbocycles. The van der Waals surface area contributed by atoms with Crippen LogP contribution >= 0.6 is 0 Å². The molecule has 0 aromatic rings. The lowest BCUT2D eigenvalue weighted by atomic mass is 9.99. The van der Waals surface area contributed by atoms with Gasteiger partial charge in [-0.25, -0.2) is 4.79 Å². The van der Waals surface area contributed by atoms with E-state index in [1.807, 2.05) is 0 Å². The van der Waals surface area contributed by atoms with E-state index < -0.39 is 36.7 Å². The van der Waals surface area contributed by atoms with Crippen LogP contribution in [0.15, 0.2) is 0 Å². The lowest BCUT2D eigenvalue weighted by Gasteiger charge is -2.36. The zero-order valence-corrected chi connectivity index (χ0v) is 11.7. The van der Waals surface area contributed by atoms with Crippen molar-refractivity contribution >= 4 is 5.97 Å². The van der Waals surface area contributed by atoms with Crippen molar-refractivity contribution in [3.8, 4) is 0 Å². The second-order valence-corrected chi connectivity index (χ2v) is 4.37. The third-order valence-electron chi connectivity index (χ3n) is 2.53. The lowest BCUT2D eigenvalue weighted by molar-refractivity contribution is -0.279. The van der Waals surface area contributed by atoms with E-state index in [0.29, 0.717) is 0 Å². The summed E-state index contributed by atoms with van der Waals surface area (Å²) in [6.07, 6.45) is -6.45. The number of ether oxygens (including phenoxy) is 2. The summed E-state index contributed by atoms with van der Waals surface area (Å²) in [5.41, 5.74) is 0. The molecule has 1 saturated heterocycles. The standard InChI is InChI=1S/C6H10O7.C6H14O/c7-1-2(8)4(5(10)11)13-6(12)3(1)9;1-3-5-7-6-4-2/h1-4,6-9,12H,(H,10,11);3-6H2,1-2H3/t1-,2-,3+,4-,6?;/m0./s1. The van der Waals surface area contributed by atoms with E-state index in [0.717, 1.165) is 26.1 Å². The van der Waals surface area contributed by atoms with E-state index in [-0.39, 0.29) is 0 Å². The third kappa shape index (κ3) is 6.12. The predicted octanol–water partition coefficient (Wildman–Crippen LogP) is -1.31. The van der Waals surface area contributed by atoms with Gasteiger partial charge in [0.2, 0.25) is 0 Å². The Bertz CT molecular complexity index is 268. The Morgan fingerprint density at radius 2 is 1.50 bits per heavy atom. The normalized spacial score (nSPS) is 33.2. The van der Waals surface area contributed by atoms with Crippen LogP contribution in [0.1, 0.15) is 26.7 Å². The molecule has 0 amide bonds. The molecule has 1 rings (SSSR count). The van der Waals surface area contributed by atoms with E-state index in [4.69, 9.17) is 30.3 Å². The molecule has 8 heteroatoms. The first kappa shape index (κ1) is 19.2. The van der Waals surface area contributed by atoms with Crippen molar-refractivity contribution in [2.24, 2.45) is 0 Å². The van der Waals surface area contributed by atoms with E-state index in [1.165, 1.54) is 0 Å². The van der Waals surface area contributed by atoms with Crippen molar-refractivity contribution in [2.45, 2.75) is 57.4 Å². The van der Waals surface area contributed by atoms with Crippen LogP contribution in [-0.4, -0.2) is 75.4 Å². The highest BCUT2D eigenvalue weighted by molar-refractivity contribution is 5.73. The fraction of sp³-hybridized carbons (Fsp3) is 0.917. The van der Waals surface area contributed by atoms with Crippen LogP contribution in [0.4, 0.5) is 0 Å². The van der Waals surface area contributed by atoms with Crippen molar-refractivity contribution in [3.05, 3.63) is 0 Å². The molecular weight excluding hydrogens is 272 g/mol. The predicted molar refractivity (Wildman–Crippen MR) is 67.9 cm³/mol. The molecule has 120 valence electrons. The summed E-state index contributed by atoms with van der Waals surface area (Å²) in [5.74, 6) is -1.52. The second kappa shape index (κ2) is 10.0. The molecule has 1 heterocycles. The summed E-state index contributed by atoms with van der Waals surface area (Å²) in [4.78, 5) is 10.4. The first-order valence-corrected chi connectivity index (χ1v) is 6.55. The Kier molecular flexibility index (Phi) is 9.64. The minimum absolute atomic E-state index is 0.924. The van der Waals surface area contributed by atoms with E-state index >= 15 is 0 Å². The van der Waals surface area contributed by atoms with Crippen molar-refractivity contribution in [1.29, 1.82) is 0 Å². The Hall–Kier alpha value is -0.770. The van der Waals surface area contributed by atoms with Gasteiger partial charge >= 0.3 is 5.97 Å². The van der Waals surface area contributed by atoms with Gasteiger partial charge in [0.1, 0.15) is 18.3 Å². The molecule has 1 aliphatic heterocycles. The van der Waals surface area contributed by atoms with Gasteiger partial charge in [0.05, 0.1) is 0 Å². The monoisotopic (exact) mass is 296 g/mol. The van der Waals surface area contributed by atoms with Crippen molar-refractivity contribution in [1.82, 2.24) is 0 Å². The lowest BCUT2D eigenvalue weighted by Crippen LogP contribution is -2.59. The van der Waals surface area contributed by atoms with Crippen molar-refractivity contribution in [2.75, 3.05) is 13.2 Å². The largest absolute Gasteiger partial charge is 0.479 e. The zero-order chi connectivity index (χ0) is 15.7. The maximum absolute atomic E-state index is 10.4. The summed E-state index contributed by atoms with van der Waals surface area (Å²) < 4.78 is 9.47. The number of aliphatic carboxylic acids is 1. The zero-order valence-electron chi connectivity index (χ0n) is 11.7. The van der Waals surface area contributed by atoms with Crippen LogP contribution in [0.5, 0.6) is 0 Å². The Labute approximate surface area is 117 Å². The van der Waals surface area contributed by atoms with Gasteiger partial charge in [0.15, 0.2) is 12.4 Å². The molecule has 0 bridgehead atoms. The molecule has 0 saturated carbocycles. The molecule has 20 heavy (non-hydrogen) atoms. The quantitative estimate of drug-likeness (QED) is 0.395. The molecular formula is C12H24O8. The van der Waals surface area contributed by atoms with Crippen LogP contribution in [0.3, 0.4) is 0 Å². The van der Waals surface area contributed by atoms with Crippen LogP contribution in [-0.2, 0) is 14.3 Å². The number of carboxylic acids is 1. The van der Waals surface area contributed by atoms with Gasteiger partial charge in [-0.05, 0) is 12.8 Å². The maximum atomic E-state index is 10.4. The average molecular weight is 296 g/mol. The number of aliphatic hydroxyl groups excluding tert-OH is 4. The number of aliphatic hydroxyl groups is 4. The smallest absolute Gasteiger partial charge is 0.335 e. The van der Waals surface area contributed by atoms with Gasteiger partial charge in [-0.2, -0.15) is 0 Å². The Morgan fingerprint density at radius 1 is 1.00 bits per heavy atom. The molecule has 5 N–H and O–H groups in total. The Balaban J connectivity index is 0.000000441. The Morgan fingerprint density at radius 3 is 1.90 bits per heavy atom. The molecule has 0 aromatic heterocycles. The molecule has 0 spiro atoms. The SMILES string of the molecule is CCCOCCC.O=C(O)[C@H]1OC(O)[C@H](O)[C@@H](O)[C@@H]1O. The summed E-state index contributed by atoms with van der Waals surface area (Å²) >= 11 is 0. The number of hydrogen-bond donors (Lipinski definition) is 5. The van der Waals surface area contributed by atoms with E-state index in [1.54, 1.807) is 0 Å². The van der Waals surface area contributed by atoms with Gasteiger partial charge in [-0.3, -0.25) is 0 Å². The highest BCUT2D eigenvalue weighted by Crippen LogP contribution is 2.19. The molecule has 1 unspecified atom stereocenters. The molecule has 5 atom stereocenters. The molecule has 0 radical (unpaired) electrons. The van der Waals surface area contributed by atoms with E-state index in [9.17, 15) is 4.79 Å².